The lowest BCUT2D eigenvalue weighted by Gasteiger charge is -2.10. The molecule has 0 saturated heterocycles. The smallest absolute Gasteiger partial charge is 0.365 e. The Morgan fingerprint density at radius 1 is 1.57 bits per heavy atom. The van der Waals surface area contributed by atoms with Gasteiger partial charge in [0, 0.05) is 6.08 Å². The van der Waals surface area contributed by atoms with Crippen LogP contribution in [-0.4, -0.2) is 37.0 Å². The van der Waals surface area contributed by atoms with Crippen LogP contribution in [0.15, 0.2) is 12.2 Å². The van der Waals surface area contributed by atoms with Gasteiger partial charge in [-0.2, -0.15) is 4.89 Å². The summed E-state index contributed by atoms with van der Waals surface area (Å²) in [7, 11) is 0. The summed E-state index contributed by atoms with van der Waals surface area (Å²) < 4.78 is 5.05. The van der Waals surface area contributed by atoms with Crippen molar-refractivity contribution in [2.24, 2.45) is 0 Å². The third-order valence-electron chi connectivity index (χ3n) is 1.24. The van der Waals surface area contributed by atoms with Gasteiger partial charge in [-0.3, -0.25) is 4.89 Å². The third-order valence-corrected chi connectivity index (χ3v) is 1.24. The zero-order valence-electron chi connectivity index (χ0n) is 8.43. The number of aliphatic hydroxyl groups excluding tert-OH is 1. The largest absolute Gasteiger partial charge is 0.394 e. The van der Waals surface area contributed by atoms with Gasteiger partial charge in [-0.15, -0.1) is 0 Å². The van der Waals surface area contributed by atoms with Crippen molar-refractivity contribution in [1.82, 2.24) is 0 Å². The van der Waals surface area contributed by atoms with Crippen LogP contribution in [0.5, 0.6) is 0 Å². The highest BCUT2D eigenvalue weighted by atomic mass is 17.2. The van der Waals surface area contributed by atoms with Gasteiger partial charge in [0.1, 0.15) is 6.61 Å². The Hall–Kier alpha value is -0.910. The minimum Gasteiger partial charge on any atom is -0.394 e. The third kappa shape index (κ3) is 7.72. The Balaban J connectivity index is 3.39. The van der Waals surface area contributed by atoms with Crippen molar-refractivity contribution in [3.63, 3.8) is 0 Å². The molecule has 82 valence electrons. The lowest BCUT2D eigenvalue weighted by atomic mass is 10.4. The number of ether oxygens (including phenoxy) is 1. The van der Waals surface area contributed by atoms with E-state index in [4.69, 9.17) is 9.84 Å². The molecule has 0 aromatic rings. The van der Waals surface area contributed by atoms with Crippen LogP contribution in [0.2, 0.25) is 0 Å². The van der Waals surface area contributed by atoms with E-state index in [1.807, 2.05) is 0 Å². The molecular weight excluding hydrogens is 188 g/mol. The molecule has 0 rings (SSSR count). The van der Waals surface area contributed by atoms with Crippen molar-refractivity contribution in [2.75, 3.05) is 19.8 Å². The predicted octanol–water partition coefficient (Wildman–Crippen LogP) is 0.435. The van der Waals surface area contributed by atoms with Crippen LogP contribution in [-0.2, 0) is 19.3 Å². The van der Waals surface area contributed by atoms with E-state index in [1.54, 1.807) is 19.9 Å². The lowest BCUT2D eigenvalue weighted by molar-refractivity contribution is -0.278. The molecule has 0 heterocycles. The molecule has 0 bridgehead atoms. The van der Waals surface area contributed by atoms with Gasteiger partial charge in [0.15, 0.2) is 0 Å². The van der Waals surface area contributed by atoms with Crippen LogP contribution >= 0.6 is 0 Å². The zero-order valence-corrected chi connectivity index (χ0v) is 8.43. The lowest BCUT2D eigenvalue weighted by Crippen LogP contribution is -2.19. The van der Waals surface area contributed by atoms with Crippen LogP contribution in [0.4, 0.5) is 0 Å². The Kier molecular flexibility index (Phi) is 8.11. The molecular formula is C9H16O5. The fourth-order valence-corrected chi connectivity index (χ4v) is 0.654. The summed E-state index contributed by atoms with van der Waals surface area (Å²) in [5.41, 5.74) is 0. The molecule has 0 aliphatic carbocycles. The van der Waals surface area contributed by atoms with Crippen molar-refractivity contribution >= 4 is 5.97 Å². The molecule has 1 unspecified atom stereocenters. The number of aliphatic hydroxyl groups is 1. The van der Waals surface area contributed by atoms with Gasteiger partial charge in [-0.25, -0.2) is 4.79 Å². The average molecular weight is 204 g/mol. The van der Waals surface area contributed by atoms with E-state index < -0.39 is 5.97 Å². The van der Waals surface area contributed by atoms with Crippen molar-refractivity contribution in [3.05, 3.63) is 12.2 Å². The Labute approximate surface area is 83.2 Å². The summed E-state index contributed by atoms with van der Waals surface area (Å²) in [5.74, 6) is -0.554. The molecule has 0 saturated carbocycles. The van der Waals surface area contributed by atoms with Gasteiger partial charge in [0.05, 0.1) is 19.3 Å². The first-order chi connectivity index (χ1) is 6.70. The van der Waals surface area contributed by atoms with Crippen LogP contribution in [0.3, 0.4) is 0 Å². The fourth-order valence-electron chi connectivity index (χ4n) is 0.654. The maximum atomic E-state index is 10.7. The van der Waals surface area contributed by atoms with Crippen LogP contribution in [0.1, 0.15) is 13.8 Å². The molecule has 5 nitrogen and oxygen atoms in total. The first-order valence-electron chi connectivity index (χ1n) is 4.39. The highest BCUT2D eigenvalue weighted by Gasteiger charge is 2.04. The summed E-state index contributed by atoms with van der Waals surface area (Å²) >= 11 is 0. The Bertz CT molecular complexity index is 178. The van der Waals surface area contributed by atoms with E-state index in [0.29, 0.717) is 0 Å². The van der Waals surface area contributed by atoms with E-state index in [0.717, 1.165) is 0 Å². The summed E-state index contributed by atoms with van der Waals surface area (Å²) in [6.45, 7) is 3.80. The minimum absolute atomic E-state index is 0.0390. The van der Waals surface area contributed by atoms with Crippen molar-refractivity contribution in [3.8, 4) is 0 Å². The maximum Gasteiger partial charge on any atom is 0.365 e. The topological polar surface area (TPSA) is 65.0 Å². The van der Waals surface area contributed by atoms with Crippen molar-refractivity contribution < 1.29 is 24.4 Å². The molecule has 0 aliphatic heterocycles. The molecule has 0 amide bonds. The summed E-state index contributed by atoms with van der Waals surface area (Å²) in [6.07, 6.45) is 2.58. The van der Waals surface area contributed by atoms with E-state index in [-0.39, 0.29) is 25.9 Å². The molecule has 0 aromatic heterocycles. The number of rotatable bonds is 7. The van der Waals surface area contributed by atoms with Gasteiger partial charge < -0.3 is 9.84 Å². The second-order valence-electron chi connectivity index (χ2n) is 2.59. The summed E-state index contributed by atoms with van der Waals surface area (Å²) in [6, 6.07) is 0. The molecule has 1 atom stereocenters. The molecule has 0 aliphatic rings. The quantitative estimate of drug-likeness (QED) is 0.370. The predicted molar refractivity (Wildman–Crippen MR) is 49.4 cm³/mol. The summed E-state index contributed by atoms with van der Waals surface area (Å²) in [4.78, 5) is 19.7. The van der Waals surface area contributed by atoms with E-state index in [9.17, 15) is 4.79 Å². The van der Waals surface area contributed by atoms with E-state index >= 15 is 0 Å². The highest BCUT2D eigenvalue weighted by molar-refractivity contribution is 5.81. The summed E-state index contributed by atoms with van der Waals surface area (Å²) in [5, 5.41) is 8.44. The maximum absolute atomic E-state index is 10.7. The molecule has 0 fully saturated rings. The number of hydrogen-bond donors (Lipinski definition) is 1. The fraction of sp³-hybridized carbons (Fsp3) is 0.667. The van der Waals surface area contributed by atoms with Crippen molar-refractivity contribution in [1.29, 1.82) is 0 Å². The van der Waals surface area contributed by atoms with E-state index in [2.05, 4.69) is 9.78 Å². The van der Waals surface area contributed by atoms with Crippen LogP contribution in [0, 0.1) is 0 Å². The van der Waals surface area contributed by atoms with Gasteiger partial charge >= 0.3 is 5.97 Å². The molecule has 0 radical (unpaired) electrons. The second-order valence-corrected chi connectivity index (χ2v) is 2.59. The standard InChI is InChI=1S/C9H16O5/c1-3-4-9(11)14-13-7-8(2)12-6-5-10/h3-4,8,10H,5-7H2,1-2H3. The van der Waals surface area contributed by atoms with Crippen molar-refractivity contribution in [2.45, 2.75) is 20.0 Å². The van der Waals surface area contributed by atoms with Gasteiger partial charge in [-0.1, -0.05) is 6.08 Å². The molecule has 1 N–H and O–H groups in total. The average Bonchev–Trinajstić information content (AvgIpc) is 2.15. The van der Waals surface area contributed by atoms with E-state index in [1.165, 1.54) is 6.08 Å². The normalized spacial score (nSPS) is 13.1. The molecule has 14 heavy (non-hydrogen) atoms. The molecule has 0 spiro atoms. The Morgan fingerprint density at radius 2 is 2.29 bits per heavy atom. The first kappa shape index (κ1) is 13.1. The Morgan fingerprint density at radius 3 is 2.86 bits per heavy atom. The number of hydrogen-bond acceptors (Lipinski definition) is 5. The number of carbonyl (C=O) groups excluding carboxylic acids is 1. The minimum atomic E-state index is -0.554. The molecule has 0 aromatic carbocycles. The number of allylic oxidation sites excluding steroid dienone is 1. The zero-order chi connectivity index (χ0) is 10.8. The van der Waals surface area contributed by atoms with Gasteiger partial charge in [-0.05, 0) is 13.8 Å². The highest BCUT2D eigenvalue weighted by Crippen LogP contribution is 1.93. The van der Waals surface area contributed by atoms with Gasteiger partial charge in [0.2, 0.25) is 0 Å². The number of carbonyl (C=O) groups is 1. The van der Waals surface area contributed by atoms with Crippen LogP contribution < -0.4 is 0 Å². The SMILES string of the molecule is CC=CC(=O)OOCC(C)OCCO. The second kappa shape index (κ2) is 8.68. The first-order valence-corrected chi connectivity index (χ1v) is 4.39. The monoisotopic (exact) mass is 204 g/mol. The van der Waals surface area contributed by atoms with Crippen LogP contribution in [0.25, 0.3) is 0 Å². The van der Waals surface area contributed by atoms with Gasteiger partial charge in [0.25, 0.3) is 0 Å². The molecule has 5 heteroatoms.